The largest absolute Gasteiger partial charge is 0.353 e. The van der Waals surface area contributed by atoms with Crippen LogP contribution >= 0.6 is 11.6 Å². The second-order valence-corrected chi connectivity index (χ2v) is 7.61. The van der Waals surface area contributed by atoms with E-state index in [4.69, 9.17) is 11.6 Å². The van der Waals surface area contributed by atoms with Crippen LogP contribution in [0.3, 0.4) is 0 Å². The lowest BCUT2D eigenvalue weighted by molar-refractivity contribution is 0.0827. The average Bonchev–Trinajstić information content (AvgIpc) is 3.19. The van der Waals surface area contributed by atoms with E-state index < -0.39 is 0 Å². The molecule has 2 aromatic rings. The van der Waals surface area contributed by atoms with Gasteiger partial charge < -0.3 is 20.4 Å². The van der Waals surface area contributed by atoms with Crippen molar-refractivity contribution in [3.63, 3.8) is 0 Å². The minimum Gasteiger partial charge on any atom is -0.353 e. The first-order valence-corrected chi connectivity index (χ1v) is 9.99. The molecule has 0 aliphatic carbocycles. The predicted octanol–water partition coefficient (Wildman–Crippen LogP) is 2.38. The van der Waals surface area contributed by atoms with Gasteiger partial charge in [0.2, 0.25) is 0 Å². The van der Waals surface area contributed by atoms with Gasteiger partial charge in [-0.25, -0.2) is 4.98 Å². The van der Waals surface area contributed by atoms with E-state index >= 15 is 0 Å². The first-order valence-electron chi connectivity index (χ1n) is 9.61. The minimum absolute atomic E-state index is 0.000724. The number of pyridine rings is 1. The minimum atomic E-state index is 0.000724. The molecular weight excluding hydrogens is 388 g/mol. The topological polar surface area (TPSA) is 72.9 Å². The number of hydrogen-bond donors (Lipinski definition) is 2. The van der Waals surface area contributed by atoms with Crippen molar-refractivity contribution in [1.29, 1.82) is 0 Å². The van der Waals surface area contributed by atoms with E-state index in [0.717, 1.165) is 36.9 Å². The van der Waals surface area contributed by atoms with Crippen molar-refractivity contribution in [3.8, 4) is 0 Å². The summed E-state index contributed by atoms with van der Waals surface area (Å²) in [7, 11) is 5.26. The average molecular weight is 415 g/mol. The molecule has 1 unspecified atom stereocenters. The van der Waals surface area contributed by atoms with Crippen LogP contribution in [0.15, 0.2) is 47.6 Å². The molecule has 0 bridgehead atoms. The number of aromatic nitrogens is 1. The Morgan fingerprint density at radius 1 is 1.31 bits per heavy atom. The number of hydrogen-bond acceptors (Lipinski definition) is 4. The standard InChI is InChI=1S/C21H27ClN6O/c1-23-21(25-13-15-6-8-16(9-7-15)20(29)27(2)3)26-17-10-12-28(14-17)19-18(22)5-4-11-24-19/h4-9,11,17H,10,12-14H2,1-3H3,(H2,23,25,26). The second kappa shape index (κ2) is 9.60. The van der Waals surface area contributed by atoms with Crippen LogP contribution in [0.4, 0.5) is 5.82 Å². The fourth-order valence-electron chi connectivity index (χ4n) is 3.28. The number of nitrogens with zero attached hydrogens (tertiary/aromatic N) is 4. The van der Waals surface area contributed by atoms with Crippen LogP contribution in [-0.2, 0) is 6.54 Å². The lowest BCUT2D eigenvalue weighted by Crippen LogP contribution is -2.44. The molecule has 1 aliphatic heterocycles. The van der Waals surface area contributed by atoms with E-state index in [1.807, 2.05) is 36.4 Å². The van der Waals surface area contributed by atoms with E-state index in [0.29, 0.717) is 17.1 Å². The van der Waals surface area contributed by atoms with Gasteiger partial charge in [-0.1, -0.05) is 23.7 Å². The number of carbonyl (C=O) groups excluding carboxylic acids is 1. The molecule has 0 spiro atoms. The summed E-state index contributed by atoms with van der Waals surface area (Å²) in [6.45, 7) is 2.34. The van der Waals surface area contributed by atoms with E-state index in [1.54, 1.807) is 32.2 Å². The Hall–Kier alpha value is -2.80. The van der Waals surface area contributed by atoms with Gasteiger partial charge in [0.25, 0.3) is 5.91 Å². The molecule has 0 radical (unpaired) electrons. The Morgan fingerprint density at radius 2 is 2.07 bits per heavy atom. The number of amides is 1. The third-order valence-corrected chi connectivity index (χ3v) is 5.15. The zero-order chi connectivity index (χ0) is 20.8. The van der Waals surface area contributed by atoms with Gasteiger partial charge in [0.15, 0.2) is 5.96 Å². The van der Waals surface area contributed by atoms with Crippen LogP contribution in [0.2, 0.25) is 5.02 Å². The van der Waals surface area contributed by atoms with Crippen molar-refractivity contribution in [2.75, 3.05) is 39.1 Å². The lowest BCUT2D eigenvalue weighted by atomic mass is 10.1. The molecule has 1 atom stereocenters. The summed E-state index contributed by atoms with van der Waals surface area (Å²) in [5, 5.41) is 7.47. The zero-order valence-corrected chi connectivity index (χ0v) is 17.8. The van der Waals surface area contributed by atoms with E-state index in [2.05, 4.69) is 25.5 Å². The Kier molecular flexibility index (Phi) is 6.93. The summed E-state index contributed by atoms with van der Waals surface area (Å²) in [6.07, 6.45) is 2.74. The number of halogens is 1. The van der Waals surface area contributed by atoms with Crippen LogP contribution in [0.5, 0.6) is 0 Å². The maximum atomic E-state index is 12.0. The first-order chi connectivity index (χ1) is 14.0. The Bertz CT molecular complexity index is 868. The van der Waals surface area contributed by atoms with Crippen LogP contribution in [0.1, 0.15) is 22.3 Å². The highest BCUT2D eigenvalue weighted by Gasteiger charge is 2.25. The first kappa shape index (κ1) is 20.9. The van der Waals surface area contributed by atoms with E-state index in [-0.39, 0.29) is 11.9 Å². The number of benzene rings is 1. The monoisotopic (exact) mass is 414 g/mol. The van der Waals surface area contributed by atoms with Crippen LogP contribution in [-0.4, -0.2) is 62.0 Å². The maximum Gasteiger partial charge on any atom is 0.253 e. The maximum absolute atomic E-state index is 12.0. The molecule has 3 rings (SSSR count). The highest BCUT2D eigenvalue weighted by Crippen LogP contribution is 2.25. The molecule has 29 heavy (non-hydrogen) atoms. The van der Waals surface area contributed by atoms with E-state index in [1.165, 1.54) is 0 Å². The Balaban J connectivity index is 1.51. The smallest absolute Gasteiger partial charge is 0.253 e. The molecule has 1 saturated heterocycles. The van der Waals surface area contributed by atoms with Crippen LogP contribution in [0.25, 0.3) is 0 Å². The van der Waals surface area contributed by atoms with Gasteiger partial charge in [-0.3, -0.25) is 9.79 Å². The van der Waals surface area contributed by atoms with Crippen molar-refractivity contribution in [3.05, 3.63) is 58.7 Å². The number of nitrogens with one attached hydrogen (secondary N) is 2. The lowest BCUT2D eigenvalue weighted by Gasteiger charge is -2.20. The molecule has 154 valence electrons. The van der Waals surface area contributed by atoms with E-state index in [9.17, 15) is 4.79 Å². The Labute approximate surface area is 176 Å². The van der Waals surface area contributed by atoms with Gasteiger partial charge in [0, 0.05) is 58.6 Å². The highest BCUT2D eigenvalue weighted by molar-refractivity contribution is 6.32. The molecule has 7 nitrogen and oxygen atoms in total. The number of anilines is 1. The normalized spacial score (nSPS) is 16.6. The number of rotatable bonds is 5. The number of guanidine groups is 1. The van der Waals surface area contributed by atoms with Crippen molar-refractivity contribution in [1.82, 2.24) is 20.5 Å². The van der Waals surface area contributed by atoms with Crippen molar-refractivity contribution in [2.24, 2.45) is 4.99 Å². The van der Waals surface area contributed by atoms with Gasteiger partial charge in [-0.2, -0.15) is 0 Å². The molecule has 8 heteroatoms. The molecule has 1 fully saturated rings. The van der Waals surface area contributed by atoms with Gasteiger partial charge >= 0.3 is 0 Å². The van der Waals surface area contributed by atoms with Gasteiger partial charge in [0.05, 0.1) is 5.02 Å². The number of aliphatic imine (C=N–C) groups is 1. The molecule has 2 N–H and O–H groups in total. The third-order valence-electron chi connectivity index (χ3n) is 4.86. The Morgan fingerprint density at radius 3 is 2.72 bits per heavy atom. The van der Waals surface area contributed by atoms with Crippen molar-refractivity contribution >= 4 is 29.3 Å². The summed E-state index contributed by atoms with van der Waals surface area (Å²) in [4.78, 5) is 24.5. The molecule has 0 saturated carbocycles. The van der Waals surface area contributed by atoms with Crippen LogP contribution < -0.4 is 15.5 Å². The van der Waals surface area contributed by atoms with Gasteiger partial charge in [0.1, 0.15) is 5.82 Å². The van der Waals surface area contributed by atoms with Crippen molar-refractivity contribution in [2.45, 2.75) is 19.0 Å². The van der Waals surface area contributed by atoms with Gasteiger partial charge in [-0.15, -0.1) is 0 Å². The molecule has 1 aromatic heterocycles. The molecule has 1 aliphatic rings. The highest BCUT2D eigenvalue weighted by atomic mass is 35.5. The third kappa shape index (κ3) is 5.38. The zero-order valence-electron chi connectivity index (χ0n) is 17.0. The van der Waals surface area contributed by atoms with Gasteiger partial charge in [-0.05, 0) is 36.2 Å². The molecular formula is C21H27ClN6O. The van der Waals surface area contributed by atoms with Crippen LogP contribution in [0, 0.1) is 0 Å². The molecule has 1 amide bonds. The molecule has 2 heterocycles. The number of carbonyl (C=O) groups is 1. The SMILES string of the molecule is CN=C(NCc1ccc(C(=O)N(C)C)cc1)NC1CCN(c2ncccc2Cl)C1. The van der Waals surface area contributed by atoms with Crippen molar-refractivity contribution < 1.29 is 4.79 Å². The quantitative estimate of drug-likeness (QED) is 0.580. The summed E-state index contributed by atoms with van der Waals surface area (Å²) in [5.41, 5.74) is 1.76. The second-order valence-electron chi connectivity index (χ2n) is 7.21. The summed E-state index contributed by atoms with van der Waals surface area (Å²) >= 11 is 6.27. The summed E-state index contributed by atoms with van der Waals surface area (Å²) in [5.74, 6) is 1.58. The molecule has 1 aromatic carbocycles. The predicted molar refractivity (Wildman–Crippen MR) is 118 cm³/mol. The fourth-order valence-corrected chi connectivity index (χ4v) is 3.52. The fraction of sp³-hybridized carbons (Fsp3) is 0.381. The summed E-state index contributed by atoms with van der Waals surface area (Å²) < 4.78 is 0. The summed E-state index contributed by atoms with van der Waals surface area (Å²) in [6, 6.07) is 11.6.